The van der Waals surface area contributed by atoms with E-state index in [1.165, 1.54) is 35.1 Å². The molecule has 0 bridgehead atoms. The summed E-state index contributed by atoms with van der Waals surface area (Å²) in [5.41, 5.74) is 3.01. The number of ether oxygens (including phenoxy) is 4. The van der Waals surface area contributed by atoms with Crippen molar-refractivity contribution in [3.8, 4) is 24.2 Å². The minimum Gasteiger partial charge on any atom is -0.467 e. The second kappa shape index (κ2) is 21.1. The van der Waals surface area contributed by atoms with Gasteiger partial charge in [0, 0.05) is 25.0 Å². The van der Waals surface area contributed by atoms with Gasteiger partial charge in [0.25, 0.3) is 0 Å². The van der Waals surface area contributed by atoms with Crippen LogP contribution in [0.1, 0.15) is 72.4 Å². The normalized spacial score (nSPS) is 16.1. The first-order valence-corrected chi connectivity index (χ1v) is 17.5. The van der Waals surface area contributed by atoms with Crippen LogP contribution >= 0.6 is 0 Å². The van der Waals surface area contributed by atoms with Crippen LogP contribution in [-0.2, 0) is 41.4 Å². The van der Waals surface area contributed by atoms with Crippen molar-refractivity contribution >= 4 is 24.1 Å². The lowest BCUT2D eigenvalue weighted by molar-refractivity contribution is -0.145. The summed E-state index contributed by atoms with van der Waals surface area (Å²) >= 11 is 0. The summed E-state index contributed by atoms with van der Waals surface area (Å²) in [6.45, 7) is 13.2. The third-order valence-corrected chi connectivity index (χ3v) is 7.41. The molecule has 2 heterocycles. The number of amides is 2. The molecule has 2 aliphatic heterocycles. The Kier molecular flexibility index (Phi) is 17.4. The van der Waals surface area contributed by atoms with Crippen LogP contribution in [0.15, 0.2) is 84.0 Å². The Bertz CT molecular complexity index is 1680. The van der Waals surface area contributed by atoms with E-state index in [2.05, 4.69) is 46.8 Å². The van der Waals surface area contributed by atoms with Gasteiger partial charge < -0.3 is 18.9 Å². The largest absolute Gasteiger partial charge is 0.467 e. The summed E-state index contributed by atoms with van der Waals surface area (Å²) in [6.07, 6.45) is 10.9. The molecule has 0 aliphatic carbocycles. The Labute approximate surface area is 315 Å². The van der Waals surface area contributed by atoms with Crippen LogP contribution in [0.2, 0.25) is 0 Å². The number of hydrogen-bond donors (Lipinski definition) is 0. The number of aryl methyl sites for hydroxylation is 2. The zero-order valence-electron chi connectivity index (χ0n) is 32.6. The molecule has 10 heteroatoms. The molecule has 0 radical (unpaired) electrons. The lowest BCUT2D eigenvalue weighted by Crippen LogP contribution is -2.44. The predicted molar refractivity (Wildman–Crippen MR) is 205 cm³/mol. The number of benzene rings is 2. The number of hydrogen-bond acceptors (Lipinski definition) is 8. The van der Waals surface area contributed by atoms with Gasteiger partial charge in [0.05, 0.1) is 20.8 Å². The molecule has 2 atom stereocenters. The van der Waals surface area contributed by atoms with Crippen molar-refractivity contribution in [2.45, 2.75) is 97.4 Å². The van der Waals surface area contributed by atoms with Crippen LogP contribution in [0.25, 0.3) is 0 Å². The fourth-order valence-corrected chi connectivity index (χ4v) is 4.99. The van der Waals surface area contributed by atoms with Crippen molar-refractivity contribution in [3.63, 3.8) is 0 Å². The molecular weight excluding hydrogens is 672 g/mol. The van der Waals surface area contributed by atoms with Gasteiger partial charge in [-0.3, -0.25) is 9.80 Å². The summed E-state index contributed by atoms with van der Waals surface area (Å²) in [7, 11) is 2.60. The first-order chi connectivity index (χ1) is 25.0. The van der Waals surface area contributed by atoms with E-state index in [1.807, 2.05) is 43.3 Å². The van der Waals surface area contributed by atoms with Crippen molar-refractivity contribution in [2.24, 2.45) is 0 Å². The quantitative estimate of drug-likeness (QED) is 0.132. The Morgan fingerprint density at radius 2 is 1.13 bits per heavy atom. The predicted octanol–water partition coefficient (Wildman–Crippen LogP) is 7.32. The number of terminal acetylenes is 1. The molecule has 2 aliphatic rings. The Hall–Kier alpha value is -5.48. The Morgan fingerprint density at radius 3 is 1.57 bits per heavy atom. The molecule has 2 aromatic carbocycles. The van der Waals surface area contributed by atoms with Crippen molar-refractivity contribution < 1.29 is 38.1 Å². The molecule has 10 nitrogen and oxygen atoms in total. The smallest absolute Gasteiger partial charge is 0.411 e. The van der Waals surface area contributed by atoms with E-state index in [-0.39, 0.29) is 6.54 Å². The molecule has 0 saturated heterocycles. The topological polar surface area (TPSA) is 112 Å². The number of carbonyl (C=O) groups excluding carboxylic acids is 4. The third kappa shape index (κ3) is 16.2. The van der Waals surface area contributed by atoms with Gasteiger partial charge in [-0.25, -0.2) is 19.2 Å². The highest BCUT2D eigenvalue weighted by Gasteiger charge is 2.37. The van der Waals surface area contributed by atoms with Gasteiger partial charge in [0.2, 0.25) is 0 Å². The third-order valence-electron chi connectivity index (χ3n) is 7.41. The number of methoxy groups -OCH3 is 2. The number of nitrogens with zero attached hydrogens (tertiary/aromatic N) is 2. The summed E-state index contributed by atoms with van der Waals surface area (Å²) in [5.74, 6) is 7.84. The van der Waals surface area contributed by atoms with Gasteiger partial charge in [-0.05, 0) is 78.5 Å². The average molecular weight is 727 g/mol. The van der Waals surface area contributed by atoms with E-state index < -0.39 is 47.4 Å². The summed E-state index contributed by atoms with van der Waals surface area (Å²) in [4.78, 5) is 50.5. The van der Waals surface area contributed by atoms with Crippen LogP contribution in [0.4, 0.5) is 9.59 Å². The maximum absolute atomic E-state index is 12.4. The van der Waals surface area contributed by atoms with E-state index in [4.69, 9.17) is 20.6 Å². The van der Waals surface area contributed by atoms with E-state index in [0.29, 0.717) is 13.0 Å². The van der Waals surface area contributed by atoms with Gasteiger partial charge in [-0.1, -0.05) is 84.2 Å². The minimum absolute atomic E-state index is 0.243. The SMILES string of the molecule is C#CCCc1ccccc1.COC(=O)[C@@H]1C=C(C#CCCc2ccccc2)CN1C(=O)OC(C)(C)C.COC(=O)[C@@H]1C=C(C)CN1C(=O)OC(C)(C)C. The number of rotatable bonds is 6. The molecule has 0 unspecified atom stereocenters. The molecule has 0 saturated carbocycles. The van der Waals surface area contributed by atoms with Crippen LogP contribution in [-0.4, -0.2) is 84.5 Å². The lowest BCUT2D eigenvalue weighted by Gasteiger charge is -2.27. The molecule has 2 amide bonds. The van der Waals surface area contributed by atoms with Crippen LogP contribution in [0, 0.1) is 24.2 Å². The van der Waals surface area contributed by atoms with Gasteiger partial charge in [-0.15, -0.1) is 12.3 Å². The highest BCUT2D eigenvalue weighted by molar-refractivity contribution is 5.86. The van der Waals surface area contributed by atoms with Crippen molar-refractivity contribution in [1.29, 1.82) is 0 Å². The van der Waals surface area contributed by atoms with Crippen molar-refractivity contribution in [2.75, 3.05) is 27.3 Å². The molecule has 0 spiro atoms. The molecule has 0 N–H and O–H groups in total. The first-order valence-electron chi connectivity index (χ1n) is 17.5. The lowest BCUT2D eigenvalue weighted by atomic mass is 10.1. The molecule has 4 rings (SSSR count). The fraction of sp³-hybridized carbons (Fsp3) is 0.442. The second-order valence-corrected chi connectivity index (χ2v) is 14.3. The van der Waals surface area contributed by atoms with E-state index in [0.717, 1.165) is 30.4 Å². The standard InChI is InChI=1S/C21H25NO4.C12H19NO4.C10H10/c1-21(2,3)26-20(24)22-15-17(14-18(22)19(23)25-4)13-9-8-12-16-10-6-5-7-11-16;1-8-6-9(10(14)16-5)13(7-8)11(15)17-12(2,3)4;1-2-3-7-10-8-5-4-6-9-10/h5-7,10-11,14,18H,8,12,15H2,1-4H3;6,9H,7H2,1-5H3;1,4-6,8-9H,3,7H2/t18-;9-;/m00./s1. The first kappa shape index (κ1) is 43.7. The zero-order chi connectivity index (χ0) is 39.6. The highest BCUT2D eigenvalue weighted by Crippen LogP contribution is 2.22. The zero-order valence-corrected chi connectivity index (χ0v) is 32.6. The molecule has 0 aromatic heterocycles. The summed E-state index contributed by atoms with van der Waals surface area (Å²) in [6, 6.07) is 18.9. The minimum atomic E-state index is -0.798. The van der Waals surface area contributed by atoms with Gasteiger partial charge in [0.1, 0.15) is 11.2 Å². The van der Waals surface area contributed by atoms with Crippen LogP contribution in [0.5, 0.6) is 0 Å². The maximum Gasteiger partial charge on any atom is 0.411 e. The number of esters is 2. The van der Waals surface area contributed by atoms with Gasteiger partial charge in [-0.2, -0.15) is 0 Å². The van der Waals surface area contributed by atoms with Gasteiger partial charge in [0.15, 0.2) is 12.1 Å². The highest BCUT2D eigenvalue weighted by atomic mass is 16.6. The van der Waals surface area contributed by atoms with Crippen LogP contribution < -0.4 is 0 Å². The van der Waals surface area contributed by atoms with E-state index >= 15 is 0 Å². The van der Waals surface area contributed by atoms with E-state index in [1.54, 1.807) is 53.7 Å². The van der Waals surface area contributed by atoms with Crippen molar-refractivity contribution in [3.05, 3.63) is 95.1 Å². The summed E-state index contributed by atoms with van der Waals surface area (Å²) < 4.78 is 20.1. The molecular formula is C43H54N2O8. The molecule has 284 valence electrons. The summed E-state index contributed by atoms with van der Waals surface area (Å²) in [5, 5.41) is 0. The molecule has 0 fully saturated rings. The molecule has 2 aromatic rings. The number of carbonyl (C=O) groups is 4. The Balaban J connectivity index is 0.000000307. The Morgan fingerprint density at radius 1 is 0.698 bits per heavy atom. The molecule has 53 heavy (non-hydrogen) atoms. The van der Waals surface area contributed by atoms with Gasteiger partial charge >= 0.3 is 24.1 Å². The average Bonchev–Trinajstić information content (AvgIpc) is 3.73. The van der Waals surface area contributed by atoms with E-state index in [9.17, 15) is 19.2 Å². The fourth-order valence-electron chi connectivity index (χ4n) is 4.99. The van der Waals surface area contributed by atoms with Crippen molar-refractivity contribution in [1.82, 2.24) is 9.80 Å². The maximum atomic E-state index is 12.4. The second-order valence-electron chi connectivity index (χ2n) is 14.3. The monoisotopic (exact) mass is 726 g/mol. The van der Waals surface area contributed by atoms with Crippen LogP contribution in [0.3, 0.4) is 0 Å².